The summed E-state index contributed by atoms with van der Waals surface area (Å²) in [5.41, 5.74) is 4.93. The summed E-state index contributed by atoms with van der Waals surface area (Å²) in [6.45, 7) is 6.70. The van der Waals surface area contributed by atoms with Crippen LogP contribution in [0, 0.1) is 20.8 Å². The Hall–Kier alpha value is -3.46. The molecular formula is C24H21ClF2N6O. The molecule has 4 aromatic heterocycles. The fourth-order valence-corrected chi connectivity index (χ4v) is 4.56. The van der Waals surface area contributed by atoms with Gasteiger partial charge in [-0.1, -0.05) is 11.6 Å². The van der Waals surface area contributed by atoms with Crippen LogP contribution in [0.5, 0.6) is 0 Å². The minimum absolute atomic E-state index is 0.145. The lowest BCUT2D eigenvalue weighted by atomic mass is 10.0. The lowest BCUT2D eigenvalue weighted by Crippen LogP contribution is -2.34. The summed E-state index contributed by atoms with van der Waals surface area (Å²) in [6, 6.07) is 4.71. The average molecular weight is 483 g/mol. The van der Waals surface area contributed by atoms with E-state index in [1.807, 2.05) is 26.1 Å². The second-order valence-electron chi connectivity index (χ2n) is 8.44. The fourth-order valence-electron chi connectivity index (χ4n) is 4.24. The molecule has 0 radical (unpaired) electrons. The molecule has 174 valence electrons. The zero-order chi connectivity index (χ0) is 24.1. The van der Waals surface area contributed by atoms with Crippen LogP contribution in [-0.2, 0) is 13.0 Å². The lowest BCUT2D eigenvalue weighted by Gasteiger charge is -2.31. The molecule has 0 unspecified atom stereocenters. The van der Waals surface area contributed by atoms with Crippen LogP contribution in [0.4, 0.5) is 14.6 Å². The van der Waals surface area contributed by atoms with E-state index < -0.39 is 17.7 Å². The summed E-state index contributed by atoms with van der Waals surface area (Å²) in [7, 11) is 0. The number of alkyl halides is 2. The number of aromatic nitrogens is 5. The van der Waals surface area contributed by atoms with Crippen molar-refractivity contribution in [2.45, 2.75) is 40.2 Å². The third kappa shape index (κ3) is 3.79. The SMILES string of the molecule is Cc1cc(Cl)c(-c2cnc3c(c2)CN(c2nn4c(=O)cc(C(F)F)nc4c(C)c2C)CC3)cn1. The largest absolute Gasteiger partial charge is 0.350 e. The zero-order valence-corrected chi connectivity index (χ0v) is 19.6. The molecule has 0 bridgehead atoms. The first-order valence-electron chi connectivity index (χ1n) is 10.8. The van der Waals surface area contributed by atoms with E-state index in [2.05, 4.69) is 31.0 Å². The quantitative estimate of drug-likeness (QED) is 0.424. The highest BCUT2D eigenvalue weighted by Crippen LogP contribution is 2.32. The van der Waals surface area contributed by atoms with Crippen molar-refractivity contribution in [3.05, 3.63) is 79.7 Å². The van der Waals surface area contributed by atoms with E-state index in [4.69, 9.17) is 11.6 Å². The van der Waals surface area contributed by atoms with Crippen molar-refractivity contribution >= 4 is 23.1 Å². The molecule has 0 amide bonds. The molecule has 0 aromatic carbocycles. The van der Waals surface area contributed by atoms with E-state index in [-0.39, 0.29) is 5.65 Å². The van der Waals surface area contributed by atoms with Crippen LogP contribution in [0.3, 0.4) is 0 Å². The van der Waals surface area contributed by atoms with Gasteiger partial charge in [0.2, 0.25) is 0 Å². The van der Waals surface area contributed by atoms with Crippen LogP contribution < -0.4 is 10.5 Å². The van der Waals surface area contributed by atoms with E-state index in [1.165, 1.54) is 0 Å². The van der Waals surface area contributed by atoms with Crippen LogP contribution >= 0.6 is 11.6 Å². The normalized spacial score (nSPS) is 13.6. The average Bonchev–Trinajstić information content (AvgIpc) is 2.80. The van der Waals surface area contributed by atoms with Crippen LogP contribution in [-0.4, -0.2) is 31.1 Å². The van der Waals surface area contributed by atoms with Crippen molar-refractivity contribution in [1.82, 2.24) is 24.6 Å². The highest BCUT2D eigenvalue weighted by molar-refractivity contribution is 6.33. The van der Waals surface area contributed by atoms with Crippen molar-refractivity contribution < 1.29 is 8.78 Å². The number of aryl methyl sites for hydroxylation is 2. The van der Waals surface area contributed by atoms with E-state index in [1.54, 1.807) is 13.1 Å². The third-order valence-electron chi connectivity index (χ3n) is 6.21. The predicted molar refractivity (Wildman–Crippen MR) is 126 cm³/mol. The van der Waals surface area contributed by atoms with E-state index in [0.29, 0.717) is 35.9 Å². The van der Waals surface area contributed by atoms with Crippen molar-refractivity contribution in [3.8, 4) is 11.1 Å². The van der Waals surface area contributed by atoms with E-state index >= 15 is 0 Å². The molecule has 1 aliphatic heterocycles. The molecule has 0 saturated heterocycles. The van der Waals surface area contributed by atoms with E-state index in [0.717, 1.165) is 44.2 Å². The minimum atomic E-state index is -2.82. The number of hydrogen-bond donors (Lipinski definition) is 0. The molecule has 7 nitrogen and oxygen atoms in total. The van der Waals surface area contributed by atoms with Gasteiger partial charge < -0.3 is 4.90 Å². The summed E-state index contributed by atoms with van der Waals surface area (Å²) in [5, 5.41) is 5.12. The molecule has 34 heavy (non-hydrogen) atoms. The minimum Gasteiger partial charge on any atom is -0.350 e. The van der Waals surface area contributed by atoms with Gasteiger partial charge in [-0.2, -0.15) is 4.52 Å². The monoisotopic (exact) mass is 482 g/mol. The Morgan fingerprint density at radius 1 is 1.06 bits per heavy atom. The Balaban J connectivity index is 1.55. The third-order valence-corrected chi connectivity index (χ3v) is 6.52. The lowest BCUT2D eigenvalue weighted by molar-refractivity contribution is 0.146. The van der Waals surface area contributed by atoms with Crippen LogP contribution in [0.2, 0.25) is 5.02 Å². The number of halogens is 3. The molecule has 0 saturated carbocycles. The first-order valence-corrected chi connectivity index (χ1v) is 11.2. The molecule has 0 fully saturated rings. The van der Waals surface area contributed by atoms with Gasteiger partial charge in [-0.15, -0.1) is 5.10 Å². The Morgan fingerprint density at radius 2 is 1.85 bits per heavy atom. The van der Waals surface area contributed by atoms with Crippen molar-refractivity contribution in [2.75, 3.05) is 11.4 Å². The second-order valence-corrected chi connectivity index (χ2v) is 8.84. The molecule has 5 heterocycles. The van der Waals surface area contributed by atoms with Gasteiger partial charge in [-0.05, 0) is 38.5 Å². The van der Waals surface area contributed by atoms with Crippen molar-refractivity contribution in [2.24, 2.45) is 0 Å². The number of pyridine rings is 2. The maximum atomic E-state index is 13.2. The highest BCUT2D eigenvalue weighted by Gasteiger charge is 2.24. The number of fused-ring (bicyclic) bond motifs is 2. The van der Waals surface area contributed by atoms with Gasteiger partial charge in [0, 0.05) is 71.6 Å². The number of hydrogen-bond acceptors (Lipinski definition) is 6. The highest BCUT2D eigenvalue weighted by atomic mass is 35.5. The molecular weight excluding hydrogens is 462 g/mol. The number of nitrogens with zero attached hydrogens (tertiary/aromatic N) is 6. The number of anilines is 1. The Labute approximate surface area is 199 Å². The predicted octanol–water partition coefficient (Wildman–Crippen LogP) is 4.63. The zero-order valence-electron chi connectivity index (χ0n) is 18.8. The standard InChI is InChI=1S/C24H21ClF2N6O/c1-12-6-18(25)17(10-28-12)15-7-16-11-32(5-4-19(16)29-9-15)24-14(3)13(2)23-30-20(22(26)27)8-21(34)33(23)31-24/h6-10,22H,4-5,11H2,1-3H3. The summed E-state index contributed by atoms with van der Waals surface area (Å²) in [5.74, 6) is 0.616. The Kier molecular flexibility index (Phi) is 5.51. The van der Waals surface area contributed by atoms with Crippen molar-refractivity contribution in [1.29, 1.82) is 0 Å². The molecule has 5 rings (SSSR count). The van der Waals surface area contributed by atoms with Gasteiger partial charge in [0.05, 0.1) is 5.02 Å². The van der Waals surface area contributed by atoms with Crippen LogP contribution in [0.1, 0.15) is 40.2 Å². The second kappa shape index (κ2) is 8.39. The molecule has 0 aliphatic carbocycles. The fraction of sp³-hybridized carbons (Fsp3) is 0.292. The first-order chi connectivity index (χ1) is 16.2. The van der Waals surface area contributed by atoms with Gasteiger partial charge in [0.1, 0.15) is 5.69 Å². The summed E-state index contributed by atoms with van der Waals surface area (Å²) in [6.07, 6.45) is 1.43. The van der Waals surface area contributed by atoms with Gasteiger partial charge in [0.15, 0.2) is 11.5 Å². The van der Waals surface area contributed by atoms with Gasteiger partial charge >= 0.3 is 0 Å². The summed E-state index contributed by atoms with van der Waals surface area (Å²) < 4.78 is 27.4. The maximum absolute atomic E-state index is 13.2. The topological polar surface area (TPSA) is 76.3 Å². The van der Waals surface area contributed by atoms with Gasteiger partial charge in [0.25, 0.3) is 12.0 Å². The molecule has 0 atom stereocenters. The maximum Gasteiger partial charge on any atom is 0.280 e. The molecule has 1 aliphatic rings. The van der Waals surface area contributed by atoms with Gasteiger partial charge in [-0.3, -0.25) is 14.8 Å². The Morgan fingerprint density at radius 3 is 2.59 bits per heavy atom. The van der Waals surface area contributed by atoms with Crippen molar-refractivity contribution in [3.63, 3.8) is 0 Å². The summed E-state index contributed by atoms with van der Waals surface area (Å²) >= 11 is 6.44. The first kappa shape index (κ1) is 22.3. The summed E-state index contributed by atoms with van der Waals surface area (Å²) in [4.78, 5) is 27.6. The van der Waals surface area contributed by atoms with Gasteiger partial charge in [-0.25, -0.2) is 13.8 Å². The van der Waals surface area contributed by atoms with Crippen LogP contribution in [0.25, 0.3) is 16.8 Å². The molecule has 10 heteroatoms. The molecule has 0 spiro atoms. The number of rotatable bonds is 3. The van der Waals surface area contributed by atoms with E-state index in [9.17, 15) is 13.6 Å². The van der Waals surface area contributed by atoms with Crippen LogP contribution in [0.15, 0.2) is 35.4 Å². The molecule has 4 aromatic rings. The smallest absolute Gasteiger partial charge is 0.280 e. The molecule has 0 N–H and O–H groups in total. The Bertz CT molecular complexity index is 1500.